The van der Waals surface area contributed by atoms with Crippen LogP contribution < -0.4 is 20.3 Å². The molecule has 2 aromatic rings. The first-order chi connectivity index (χ1) is 12.2. The number of morpholine rings is 1. The molecule has 5 nitrogen and oxygen atoms in total. The third-order valence-corrected chi connectivity index (χ3v) is 4.36. The zero-order valence-electron chi connectivity index (χ0n) is 14.3. The van der Waals surface area contributed by atoms with Gasteiger partial charge in [0.25, 0.3) is 0 Å². The molecule has 1 fully saturated rings. The average Bonchev–Trinajstić information content (AvgIpc) is 2.68. The number of nitrogens with one attached hydrogen (secondary N) is 2. The molecule has 132 valence electrons. The maximum atomic E-state index is 5.39. The fourth-order valence-corrected chi connectivity index (χ4v) is 2.87. The summed E-state index contributed by atoms with van der Waals surface area (Å²) in [4.78, 5) is 2.33. The number of hydrogen-bond acceptors (Lipinski definition) is 4. The number of rotatable bonds is 5. The van der Waals surface area contributed by atoms with E-state index in [4.69, 9.17) is 21.7 Å². The van der Waals surface area contributed by atoms with Gasteiger partial charge in [0.1, 0.15) is 5.75 Å². The van der Waals surface area contributed by atoms with Crippen LogP contribution in [0.5, 0.6) is 5.75 Å². The van der Waals surface area contributed by atoms with Crippen molar-refractivity contribution in [1.29, 1.82) is 0 Å². The minimum Gasteiger partial charge on any atom is -0.497 e. The van der Waals surface area contributed by atoms with Crippen LogP contribution in [0.4, 0.5) is 11.4 Å². The second kappa shape index (κ2) is 8.69. The van der Waals surface area contributed by atoms with E-state index in [2.05, 4.69) is 27.7 Å². The van der Waals surface area contributed by atoms with Crippen molar-refractivity contribution in [2.45, 2.75) is 6.54 Å². The molecule has 2 aromatic carbocycles. The number of methoxy groups -OCH3 is 1. The molecule has 1 heterocycles. The fourth-order valence-electron chi connectivity index (χ4n) is 2.68. The molecule has 1 aliphatic heterocycles. The van der Waals surface area contributed by atoms with Crippen LogP contribution in [0.25, 0.3) is 0 Å². The van der Waals surface area contributed by atoms with Gasteiger partial charge in [0, 0.05) is 31.0 Å². The second-order valence-electron chi connectivity index (χ2n) is 5.80. The van der Waals surface area contributed by atoms with E-state index in [-0.39, 0.29) is 0 Å². The van der Waals surface area contributed by atoms with Crippen molar-refractivity contribution in [3.63, 3.8) is 0 Å². The summed E-state index contributed by atoms with van der Waals surface area (Å²) >= 11 is 5.37. The van der Waals surface area contributed by atoms with Gasteiger partial charge in [-0.3, -0.25) is 0 Å². The van der Waals surface area contributed by atoms with Crippen LogP contribution in [0.1, 0.15) is 5.56 Å². The van der Waals surface area contributed by atoms with Crippen molar-refractivity contribution in [1.82, 2.24) is 5.32 Å². The van der Waals surface area contributed by atoms with E-state index in [9.17, 15) is 0 Å². The smallest absolute Gasteiger partial charge is 0.171 e. The van der Waals surface area contributed by atoms with Crippen molar-refractivity contribution in [2.75, 3.05) is 43.6 Å². The predicted octanol–water partition coefficient (Wildman–Crippen LogP) is 3.02. The molecule has 25 heavy (non-hydrogen) atoms. The molecule has 0 aliphatic carbocycles. The Morgan fingerprint density at radius 3 is 2.40 bits per heavy atom. The van der Waals surface area contributed by atoms with E-state index in [1.165, 1.54) is 5.69 Å². The van der Waals surface area contributed by atoms with Crippen LogP contribution in [0.3, 0.4) is 0 Å². The molecular formula is C19H23N3O2S. The molecular weight excluding hydrogens is 334 g/mol. The summed E-state index contributed by atoms with van der Waals surface area (Å²) in [7, 11) is 1.66. The number of thiocarbonyl (C=S) groups is 1. The van der Waals surface area contributed by atoms with Gasteiger partial charge in [-0.1, -0.05) is 12.1 Å². The standard InChI is InChI=1S/C19H23N3O2S/c1-23-18-8-2-15(3-9-18)14-20-19(25)21-16-4-6-17(7-5-16)22-10-12-24-13-11-22/h2-9H,10-14H2,1H3,(H2,20,21,25). The van der Waals surface area contributed by atoms with E-state index in [0.29, 0.717) is 11.7 Å². The van der Waals surface area contributed by atoms with Gasteiger partial charge in [0.2, 0.25) is 0 Å². The van der Waals surface area contributed by atoms with Crippen molar-refractivity contribution >= 4 is 28.7 Å². The normalized spacial score (nSPS) is 14.0. The van der Waals surface area contributed by atoms with Gasteiger partial charge >= 0.3 is 0 Å². The summed E-state index contributed by atoms with van der Waals surface area (Å²) in [5.74, 6) is 0.852. The van der Waals surface area contributed by atoms with E-state index >= 15 is 0 Å². The molecule has 0 saturated carbocycles. The molecule has 0 aromatic heterocycles. The third-order valence-electron chi connectivity index (χ3n) is 4.11. The first-order valence-electron chi connectivity index (χ1n) is 8.35. The highest BCUT2D eigenvalue weighted by Gasteiger charge is 2.10. The first-order valence-corrected chi connectivity index (χ1v) is 8.76. The predicted molar refractivity (Wildman–Crippen MR) is 106 cm³/mol. The highest BCUT2D eigenvalue weighted by molar-refractivity contribution is 7.80. The lowest BCUT2D eigenvalue weighted by molar-refractivity contribution is 0.122. The lowest BCUT2D eigenvalue weighted by atomic mass is 10.2. The molecule has 1 aliphatic rings. The fraction of sp³-hybridized carbons (Fsp3) is 0.316. The van der Waals surface area contributed by atoms with Gasteiger partial charge in [0.05, 0.1) is 20.3 Å². The second-order valence-corrected chi connectivity index (χ2v) is 6.21. The SMILES string of the molecule is COc1ccc(CNC(=S)Nc2ccc(N3CCOCC3)cc2)cc1. The summed E-state index contributed by atoms with van der Waals surface area (Å²) in [6, 6.07) is 16.2. The molecule has 3 rings (SSSR count). The summed E-state index contributed by atoms with van der Waals surface area (Å²) in [6.07, 6.45) is 0. The van der Waals surface area contributed by atoms with Crippen molar-refractivity contribution in [3.05, 3.63) is 54.1 Å². The summed E-state index contributed by atoms with van der Waals surface area (Å²) in [5, 5.41) is 7.04. The highest BCUT2D eigenvalue weighted by Crippen LogP contribution is 2.19. The Morgan fingerprint density at radius 1 is 1.08 bits per heavy atom. The topological polar surface area (TPSA) is 45.8 Å². The summed E-state index contributed by atoms with van der Waals surface area (Å²) in [6.45, 7) is 4.13. The quantitative estimate of drug-likeness (QED) is 0.802. The largest absolute Gasteiger partial charge is 0.497 e. The molecule has 0 amide bonds. The van der Waals surface area contributed by atoms with Crippen LogP contribution in [0, 0.1) is 0 Å². The maximum Gasteiger partial charge on any atom is 0.171 e. The molecule has 2 N–H and O–H groups in total. The maximum absolute atomic E-state index is 5.39. The molecule has 0 spiro atoms. The van der Waals surface area contributed by atoms with Crippen LogP contribution >= 0.6 is 12.2 Å². The van der Waals surface area contributed by atoms with E-state index in [1.807, 2.05) is 36.4 Å². The van der Waals surface area contributed by atoms with Crippen LogP contribution in [-0.2, 0) is 11.3 Å². The number of anilines is 2. The zero-order chi connectivity index (χ0) is 17.5. The van der Waals surface area contributed by atoms with Crippen molar-refractivity contribution in [3.8, 4) is 5.75 Å². The Balaban J connectivity index is 1.48. The Bertz CT molecular complexity index is 683. The van der Waals surface area contributed by atoms with Gasteiger partial charge in [-0.2, -0.15) is 0 Å². The first kappa shape index (κ1) is 17.5. The van der Waals surface area contributed by atoms with E-state index < -0.39 is 0 Å². The van der Waals surface area contributed by atoms with Crippen molar-refractivity contribution < 1.29 is 9.47 Å². The molecule has 0 radical (unpaired) electrons. The lowest BCUT2D eigenvalue weighted by Crippen LogP contribution is -2.36. The van der Waals surface area contributed by atoms with Crippen LogP contribution in [0.15, 0.2) is 48.5 Å². The summed E-state index contributed by atoms with van der Waals surface area (Å²) in [5.41, 5.74) is 3.34. The Hall–Kier alpha value is -2.31. The zero-order valence-corrected chi connectivity index (χ0v) is 15.1. The van der Waals surface area contributed by atoms with Crippen LogP contribution in [0.2, 0.25) is 0 Å². The minimum absolute atomic E-state index is 0.606. The molecule has 0 unspecified atom stereocenters. The Labute approximate surface area is 153 Å². The van der Waals surface area contributed by atoms with Crippen LogP contribution in [-0.4, -0.2) is 38.5 Å². The summed E-state index contributed by atoms with van der Waals surface area (Å²) < 4.78 is 10.5. The molecule has 6 heteroatoms. The highest BCUT2D eigenvalue weighted by atomic mass is 32.1. The monoisotopic (exact) mass is 357 g/mol. The Kier molecular flexibility index (Phi) is 6.09. The van der Waals surface area contributed by atoms with Gasteiger partial charge in [-0.05, 0) is 54.2 Å². The minimum atomic E-state index is 0.606. The third kappa shape index (κ3) is 5.08. The van der Waals surface area contributed by atoms with Crippen molar-refractivity contribution in [2.24, 2.45) is 0 Å². The average molecular weight is 357 g/mol. The van der Waals surface area contributed by atoms with Gasteiger partial charge in [-0.25, -0.2) is 0 Å². The molecule has 1 saturated heterocycles. The van der Waals surface area contributed by atoms with E-state index in [0.717, 1.165) is 43.3 Å². The number of ether oxygens (including phenoxy) is 2. The lowest BCUT2D eigenvalue weighted by Gasteiger charge is -2.29. The number of benzene rings is 2. The molecule has 0 bridgehead atoms. The molecule has 0 atom stereocenters. The number of hydrogen-bond donors (Lipinski definition) is 2. The van der Waals surface area contributed by atoms with Gasteiger partial charge in [0.15, 0.2) is 5.11 Å². The number of nitrogens with zero attached hydrogens (tertiary/aromatic N) is 1. The van der Waals surface area contributed by atoms with Gasteiger partial charge in [-0.15, -0.1) is 0 Å². The Morgan fingerprint density at radius 2 is 1.76 bits per heavy atom. The van der Waals surface area contributed by atoms with E-state index in [1.54, 1.807) is 7.11 Å². The van der Waals surface area contributed by atoms with Gasteiger partial charge < -0.3 is 25.0 Å².